The summed E-state index contributed by atoms with van der Waals surface area (Å²) in [4.78, 5) is 0. The Morgan fingerprint density at radius 1 is 1.00 bits per heavy atom. The average Bonchev–Trinajstić information content (AvgIpc) is 2.39. The van der Waals surface area contributed by atoms with Crippen molar-refractivity contribution in [1.29, 1.82) is 0 Å². The highest BCUT2D eigenvalue weighted by atomic mass is 35.5. The number of hydrogen-bond acceptors (Lipinski definition) is 1. The number of nitrogens with one attached hydrogen (secondary N) is 1. The average molecular weight is 294 g/mol. The lowest BCUT2D eigenvalue weighted by atomic mass is 9.93. The summed E-state index contributed by atoms with van der Waals surface area (Å²) in [6.07, 6.45) is 0. The summed E-state index contributed by atoms with van der Waals surface area (Å²) in [5, 5.41) is 4.52. The van der Waals surface area contributed by atoms with Gasteiger partial charge in [-0.15, -0.1) is 0 Å². The Hall–Kier alpha value is -1.02. The van der Waals surface area contributed by atoms with E-state index in [1.807, 2.05) is 25.2 Å². The topological polar surface area (TPSA) is 12.0 Å². The lowest BCUT2D eigenvalue weighted by Crippen LogP contribution is -2.19. The molecule has 2 aromatic carbocycles. The molecule has 0 bridgehead atoms. The normalized spacial score (nSPS) is 12.5. The first kappa shape index (κ1) is 14.4. The van der Waals surface area contributed by atoms with Gasteiger partial charge in [0.05, 0.1) is 16.1 Å². The van der Waals surface area contributed by atoms with Crippen LogP contribution in [0.1, 0.15) is 28.3 Å². The largest absolute Gasteiger partial charge is 0.309 e. The predicted molar refractivity (Wildman–Crippen MR) is 83.3 cm³/mol. The molecule has 0 amide bonds. The fourth-order valence-electron chi connectivity index (χ4n) is 2.28. The molecular weight excluding hydrogens is 277 g/mol. The van der Waals surface area contributed by atoms with Gasteiger partial charge in [0.15, 0.2) is 0 Å². The van der Waals surface area contributed by atoms with Crippen molar-refractivity contribution in [3.05, 3.63) is 68.7 Å². The van der Waals surface area contributed by atoms with Crippen molar-refractivity contribution in [2.75, 3.05) is 7.05 Å². The molecule has 1 N–H and O–H groups in total. The van der Waals surface area contributed by atoms with Crippen LogP contribution >= 0.6 is 23.2 Å². The lowest BCUT2D eigenvalue weighted by Gasteiger charge is -2.21. The van der Waals surface area contributed by atoms with Gasteiger partial charge in [-0.05, 0) is 55.3 Å². The number of aryl methyl sites for hydroxylation is 1. The van der Waals surface area contributed by atoms with Gasteiger partial charge in [0, 0.05) is 0 Å². The van der Waals surface area contributed by atoms with Crippen molar-refractivity contribution in [3.8, 4) is 0 Å². The van der Waals surface area contributed by atoms with Crippen molar-refractivity contribution >= 4 is 23.2 Å². The third-order valence-electron chi connectivity index (χ3n) is 3.52. The third-order valence-corrected chi connectivity index (χ3v) is 4.26. The summed E-state index contributed by atoms with van der Waals surface area (Å²) in [5.74, 6) is 0. The van der Waals surface area contributed by atoms with Crippen molar-refractivity contribution < 1.29 is 0 Å². The van der Waals surface area contributed by atoms with E-state index in [0.29, 0.717) is 10.0 Å². The maximum Gasteiger partial charge on any atom is 0.0595 e. The minimum atomic E-state index is 0.120. The Kier molecular flexibility index (Phi) is 4.51. The van der Waals surface area contributed by atoms with Gasteiger partial charge in [-0.1, -0.05) is 47.5 Å². The molecule has 0 saturated heterocycles. The quantitative estimate of drug-likeness (QED) is 0.847. The molecule has 0 fully saturated rings. The van der Waals surface area contributed by atoms with Crippen LogP contribution in [0.3, 0.4) is 0 Å². The molecular formula is C16H17Cl2N. The highest BCUT2D eigenvalue weighted by Gasteiger charge is 2.15. The van der Waals surface area contributed by atoms with E-state index < -0.39 is 0 Å². The van der Waals surface area contributed by atoms with E-state index >= 15 is 0 Å². The summed E-state index contributed by atoms with van der Waals surface area (Å²) in [6.45, 7) is 4.27. The molecule has 3 heteroatoms. The van der Waals surface area contributed by atoms with E-state index in [4.69, 9.17) is 23.2 Å². The van der Waals surface area contributed by atoms with Crippen LogP contribution in [0.15, 0.2) is 36.4 Å². The third kappa shape index (κ3) is 2.94. The second-order valence-electron chi connectivity index (χ2n) is 4.68. The van der Waals surface area contributed by atoms with Crippen molar-refractivity contribution in [2.24, 2.45) is 0 Å². The smallest absolute Gasteiger partial charge is 0.0595 e. The van der Waals surface area contributed by atoms with Crippen molar-refractivity contribution in [2.45, 2.75) is 19.9 Å². The standard InChI is InChI=1S/C16H17Cl2N/c1-10-5-4-6-13(11(10)2)16(19-3)12-7-8-14(17)15(18)9-12/h4-9,16,19H,1-3H3. The maximum atomic E-state index is 6.11. The minimum absolute atomic E-state index is 0.120. The summed E-state index contributed by atoms with van der Waals surface area (Å²) >= 11 is 12.1. The van der Waals surface area contributed by atoms with Crippen LogP contribution in [0, 0.1) is 13.8 Å². The van der Waals surface area contributed by atoms with Crippen molar-refractivity contribution in [1.82, 2.24) is 5.32 Å². The Bertz CT molecular complexity index is 593. The summed E-state index contributed by atoms with van der Waals surface area (Å²) < 4.78 is 0. The molecule has 0 aliphatic carbocycles. The molecule has 1 atom stereocenters. The van der Waals surface area contributed by atoms with Crippen LogP contribution in [0.5, 0.6) is 0 Å². The molecule has 2 aromatic rings. The van der Waals surface area contributed by atoms with Crippen LogP contribution in [0.2, 0.25) is 10.0 Å². The van der Waals surface area contributed by atoms with Crippen LogP contribution < -0.4 is 5.32 Å². The minimum Gasteiger partial charge on any atom is -0.309 e. The zero-order valence-electron chi connectivity index (χ0n) is 11.3. The number of rotatable bonds is 3. The van der Waals surface area contributed by atoms with Gasteiger partial charge in [-0.3, -0.25) is 0 Å². The molecule has 1 nitrogen and oxygen atoms in total. The molecule has 19 heavy (non-hydrogen) atoms. The van der Waals surface area contributed by atoms with Crippen LogP contribution in [0.25, 0.3) is 0 Å². The molecule has 0 aliphatic rings. The number of halogens is 2. The van der Waals surface area contributed by atoms with Gasteiger partial charge in [0.2, 0.25) is 0 Å². The monoisotopic (exact) mass is 293 g/mol. The van der Waals surface area contributed by atoms with Gasteiger partial charge in [0.25, 0.3) is 0 Å². The number of benzene rings is 2. The molecule has 2 rings (SSSR count). The lowest BCUT2D eigenvalue weighted by molar-refractivity contribution is 0.687. The zero-order valence-corrected chi connectivity index (χ0v) is 12.8. The van der Waals surface area contributed by atoms with Gasteiger partial charge in [-0.2, -0.15) is 0 Å². The summed E-state index contributed by atoms with van der Waals surface area (Å²) in [7, 11) is 1.95. The Labute approximate surface area is 124 Å². The molecule has 100 valence electrons. The zero-order chi connectivity index (χ0) is 14.0. The first-order chi connectivity index (χ1) is 9.04. The van der Waals surface area contributed by atoms with E-state index in [1.54, 1.807) is 0 Å². The van der Waals surface area contributed by atoms with E-state index in [-0.39, 0.29) is 6.04 Å². The van der Waals surface area contributed by atoms with Crippen LogP contribution in [-0.2, 0) is 0 Å². The molecule has 0 spiro atoms. The Morgan fingerprint density at radius 3 is 2.37 bits per heavy atom. The summed E-state index contributed by atoms with van der Waals surface area (Å²) in [5.41, 5.74) is 4.97. The van der Waals surface area contributed by atoms with E-state index in [2.05, 4.69) is 37.4 Å². The van der Waals surface area contributed by atoms with Gasteiger partial charge in [-0.25, -0.2) is 0 Å². The second kappa shape index (κ2) is 5.96. The summed E-state index contributed by atoms with van der Waals surface area (Å²) in [6, 6.07) is 12.2. The van der Waals surface area contributed by atoms with E-state index in [9.17, 15) is 0 Å². The van der Waals surface area contributed by atoms with Gasteiger partial charge >= 0.3 is 0 Å². The molecule has 0 heterocycles. The molecule has 0 aromatic heterocycles. The van der Waals surface area contributed by atoms with Crippen molar-refractivity contribution in [3.63, 3.8) is 0 Å². The SMILES string of the molecule is CNC(c1ccc(Cl)c(Cl)c1)c1cccc(C)c1C. The highest BCUT2D eigenvalue weighted by Crippen LogP contribution is 2.30. The maximum absolute atomic E-state index is 6.11. The molecule has 0 saturated carbocycles. The van der Waals surface area contributed by atoms with Gasteiger partial charge in [0.1, 0.15) is 0 Å². The first-order valence-electron chi connectivity index (χ1n) is 6.23. The molecule has 1 unspecified atom stereocenters. The predicted octanol–water partition coefficient (Wildman–Crippen LogP) is 4.92. The second-order valence-corrected chi connectivity index (χ2v) is 5.50. The van der Waals surface area contributed by atoms with Crippen LogP contribution in [0.4, 0.5) is 0 Å². The Balaban J connectivity index is 2.50. The number of hydrogen-bond donors (Lipinski definition) is 1. The molecule has 0 radical (unpaired) electrons. The van der Waals surface area contributed by atoms with Gasteiger partial charge < -0.3 is 5.32 Å². The van der Waals surface area contributed by atoms with E-state index in [0.717, 1.165) is 5.56 Å². The molecule has 0 aliphatic heterocycles. The fourth-order valence-corrected chi connectivity index (χ4v) is 2.59. The Morgan fingerprint density at radius 2 is 1.74 bits per heavy atom. The van der Waals surface area contributed by atoms with Crippen LogP contribution in [-0.4, -0.2) is 7.05 Å². The van der Waals surface area contributed by atoms with E-state index in [1.165, 1.54) is 16.7 Å². The first-order valence-corrected chi connectivity index (χ1v) is 6.98. The highest BCUT2D eigenvalue weighted by molar-refractivity contribution is 6.42. The fraction of sp³-hybridized carbons (Fsp3) is 0.250.